The molecule has 3 fully saturated rings. The number of hydrogen-bond acceptors (Lipinski definition) is 7. The van der Waals surface area contributed by atoms with Gasteiger partial charge in [-0.2, -0.15) is 0 Å². The summed E-state index contributed by atoms with van der Waals surface area (Å²) >= 11 is 12.6. The summed E-state index contributed by atoms with van der Waals surface area (Å²) in [7, 11) is 0. The zero-order chi connectivity index (χ0) is 26.4. The molecule has 2 aromatic heterocycles. The summed E-state index contributed by atoms with van der Waals surface area (Å²) in [6.07, 6.45) is 4.05. The van der Waals surface area contributed by atoms with Gasteiger partial charge < -0.3 is 14.9 Å². The topological polar surface area (TPSA) is 68.6 Å². The maximum atomic E-state index is 13.9. The van der Waals surface area contributed by atoms with Crippen molar-refractivity contribution in [3.05, 3.63) is 63.8 Å². The summed E-state index contributed by atoms with van der Waals surface area (Å²) in [5, 5.41) is 10.00. The predicted molar refractivity (Wildman–Crippen MR) is 149 cm³/mol. The summed E-state index contributed by atoms with van der Waals surface area (Å²) in [5.74, 6) is 2.77. The van der Waals surface area contributed by atoms with E-state index in [0.717, 1.165) is 68.0 Å². The highest BCUT2D eigenvalue weighted by atomic mass is 35.5. The normalized spacial score (nSPS) is 23.8. The lowest BCUT2D eigenvalue weighted by molar-refractivity contribution is 0.281. The van der Waals surface area contributed by atoms with Crippen molar-refractivity contribution in [3.8, 4) is 11.3 Å². The predicted octanol–water partition coefficient (Wildman–Crippen LogP) is 5.00. The van der Waals surface area contributed by atoms with Gasteiger partial charge in [-0.05, 0) is 55.1 Å². The summed E-state index contributed by atoms with van der Waals surface area (Å²) < 4.78 is 13.9. The van der Waals surface area contributed by atoms with Gasteiger partial charge in [0.25, 0.3) is 0 Å². The molecule has 1 aromatic carbocycles. The minimum absolute atomic E-state index is 0.0867. The molecule has 0 aliphatic carbocycles. The number of hydrogen-bond donors (Lipinski definition) is 1. The van der Waals surface area contributed by atoms with Gasteiger partial charge >= 0.3 is 0 Å². The number of fused-ring (bicyclic) bond motifs is 1. The monoisotopic (exact) mass is 556 g/mol. The molecule has 10 heteroatoms. The fourth-order valence-corrected chi connectivity index (χ4v) is 6.77. The van der Waals surface area contributed by atoms with Crippen LogP contribution in [0.2, 0.25) is 10.0 Å². The fourth-order valence-electron chi connectivity index (χ4n) is 6.28. The molecule has 6 rings (SSSR count). The van der Waals surface area contributed by atoms with E-state index in [4.69, 9.17) is 33.2 Å². The van der Waals surface area contributed by atoms with Crippen LogP contribution < -0.4 is 9.80 Å². The van der Waals surface area contributed by atoms with E-state index in [2.05, 4.69) is 26.6 Å². The Morgan fingerprint density at radius 3 is 2.53 bits per heavy atom. The van der Waals surface area contributed by atoms with Crippen LogP contribution in [0, 0.1) is 11.7 Å². The largest absolute Gasteiger partial charge is 0.392 e. The Kier molecular flexibility index (Phi) is 7.16. The molecule has 3 aromatic rings. The maximum absolute atomic E-state index is 13.9. The van der Waals surface area contributed by atoms with Gasteiger partial charge in [-0.1, -0.05) is 30.1 Å². The van der Waals surface area contributed by atoms with Crippen LogP contribution in [0.5, 0.6) is 0 Å². The van der Waals surface area contributed by atoms with Gasteiger partial charge in [0.2, 0.25) is 0 Å². The summed E-state index contributed by atoms with van der Waals surface area (Å²) in [6.45, 7) is 7.38. The molecule has 3 aliphatic heterocycles. The first-order valence-corrected chi connectivity index (χ1v) is 14.0. The summed E-state index contributed by atoms with van der Waals surface area (Å²) in [4.78, 5) is 21.7. The van der Waals surface area contributed by atoms with E-state index in [0.29, 0.717) is 22.5 Å². The van der Waals surface area contributed by atoms with Crippen LogP contribution in [-0.4, -0.2) is 70.3 Å². The molecule has 1 N–H and O–H groups in total. The van der Waals surface area contributed by atoms with Crippen molar-refractivity contribution in [3.63, 3.8) is 0 Å². The number of anilines is 2. The molecule has 0 spiro atoms. The van der Waals surface area contributed by atoms with E-state index in [1.165, 1.54) is 18.9 Å². The second kappa shape index (κ2) is 10.6. The van der Waals surface area contributed by atoms with Gasteiger partial charge in [0.05, 0.1) is 22.3 Å². The first kappa shape index (κ1) is 25.7. The first-order valence-electron chi connectivity index (χ1n) is 13.2. The fraction of sp³-hybridized carbons (Fsp3) is 0.464. The second-order valence-electron chi connectivity index (χ2n) is 10.6. The van der Waals surface area contributed by atoms with Gasteiger partial charge in [0, 0.05) is 62.5 Å². The van der Waals surface area contributed by atoms with Crippen molar-refractivity contribution < 1.29 is 9.50 Å². The molecule has 3 aliphatic rings. The molecule has 0 bridgehead atoms. The molecule has 200 valence electrons. The quantitative estimate of drug-likeness (QED) is 0.474. The average Bonchev–Trinajstić information content (AvgIpc) is 3.50. The molecule has 3 atom stereocenters. The third-order valence-corrected chi connectivity index (χ3v) is 8.74. The van der Waals surface area contributed by atoms with Gasteiger partial charge in [-0.15, -0.1) is 0 Å². The van der Waals surface area contributed by atoms with Crippen LogP contribution in [0.15, 0.2) is 36.5 Å². The van der Waals surface area contributed by atoms with Crippen LogP contribution in [0.3, 0.4) is 0 Å². The van der Waals surface area contributed by atoms with Crippen molar-refractivity contribution in [1.29, 1.82) is 0 Å². The SMILES string of the molecule is CC1CN2CCCC2C1c1nc(-c2ccc(F)c(Cl)c2)cc(N2CCN(c3ncc(CO)cc3Cl)CC2)n1. The molecule has 0 saturated carbocycles. The Morgan fingerprint density at radius 1 is 1.00 bits per heavy atom. The van der Waals surface area contributed by atoms with E-state index >= 15 is 0 Å². The smallest absolute Gasteiger partial charge is 0.147 e. The van der Waals surface area contributed by atoms with E-state index in [-0.39, 0.29) is 17.5 Å². The second-order valence-corrected chi connectivity index (χ2v) is 11.4. The minimum Gasteiger partial charge on any atom is -0.392 e. The Hall–Kier alpha value is -2.52. The summed E-state index contributed by atoms with van der Waals surface area (Å²) in [5.41, 5.74) is 2.25. The first-order chi connectivity index (χ1) is 18.4. The Morgan fingerprint density at radius 2 is 1.79 bits per heavy atom. The number of halogens is 3. The van der Waals surface area contributed by atoms with Crippen LogP contribution in [0.1, 0.15) is 37.1 Å². The Balaban J connectivity index is 1.31. The minimum atomic E-state index is -0.439. The molecule has 3 saturated heterocycles. The van der Waals surface area contributed by atoms with Crippen molar-refractivity contribution in [2.24, 2.45) is 5.92 Å². The number of aliphatic hydroxyl groups excluding tert-OH is 1. The number of rotatable bonds is 5. The van der Waals surface area contributed by atoms with Crippen LogP contribution in [0.25, 0.3) is 11.3 Å². The zero-order valence-corrected chi connectivity index (χ0v) is 22.8. The number of nitrogens with zero attached hydrogens (tertiary/aromatic N) is 6. The lowest BCUT2D eigenvalue weighted by atomic mass is 9.89. The van der Waals surface area contributed by atoms with E-state index in [9.17, 15) is 9.50 Å². The number of benzene rings is 1. The molecule has 7 nitrogen and oxygen atoms in total. The molecule has 0 amide bonds. The van der Waals surface area contributed by atoms with Crippen molar-refractivity contribution in [2.45, 2.75) is 38.3 Å². The van der Waals surface area contributed by atoms with E-state index < -0.39 is 5.82 Å². The maximum Gasteiger partial charge on any atom is 0.147 e. The molecule has 0 radical (unpaired) electrons. The zero-order valence-electron chi connectivity index (χ0n) is 21.3. The standard InChI is InChI=1S/C28H31Cl2FN6O/c1-17-15-37-6-2-3-24(37)26(17)27-33-23(19-4-5-22(31)20(29)12-19)13-25(34-27)35-7-9-36(10-8-35)28-21(30)11-18(16-38)14-32-28/h4-5,11-14,17,24,26,38H,2-3,6-10,15-16H2,1H3. The van der Waals surface area contributed by atoms with Gasteiger partial charge in [0.1, 0.15) is 23.3 Å². The number of pyridine rings is 1. The molecule has 5 heterocycles. The Labute approximate surface area is 232 Å². The molecular weight excluding hydrogens is 526 g/mol. The van der Waals surface area contributed by atoms with Crippen LogP contribution in [-0.2, 0) is 6.61 Å². The van der Waals surface area contributed by atoms with Gasteiger partial charge in [0.15, 0.2) is 0 Å². The molecular formula is C28H31Cl2FN6O. The van der Waals surface area contributed by atoms with Crippen LogP contribution in [0.4, 0.5) is 16.0 Å². The highest BCUT2D eigenvalue weighted by Gasteiger charge is 2.44. The Bertz CT molecular complexity index is 1330. The van der Waals surface area contributed by atoms with Crippen molar-refractivity contribution >= 4 is 34.8 Å². The average molecular weight is 558 g/mol. The number of aromatic nitrogens is 3. The van der Waals surface area contributed by atoms with Gasteiger partial charge in [-0.25, -0.2) is 19.3 Å². The third-order valence-electron chi connectivity index (χ3n) is 8.17. The lowest BCUT2D eigenvalue weighted by Crippen LogP contribution is -2.47. The number of aliphatic hydroxyl groups is 1. The van der Waals surface area contributed by atoms with Crippen molar-refractivity contribution in [1.82, 2.24) is 19.9 Å². The third kappa shape index (κ3) is 4.83. The highest BCUT2D eigenvalue weighted by Crippen LogP contribution is 2.43. The lowest BCUT2D eigenvalue weighted by Gasteiger charge is -2.37. The highest BCUT2D eigenvalue weighted by molar-refractivity contribution is 6.33. The summed E-state index contributed by atoms with van der Waals surface area (Å²) in [6, 6.07) is 9.01. The molecule has 38 heavy (non-hydrogen) atoms. The van der Waals surface area contributed by atoms with E-state index in [1.54, 1.807) is 24.4 Å². The molecule has 3 unspecified atom stereocenters. The van der Waals surface area contributed by atoms with Crippen molar-refractivity contribution in [2.75, 3.05) is 49.1 Å². The van der Waals surface area contributed by atoms with E-state index in [1.807, 2.05) is 6.07 Å². The van der Waals surface area contributed by atoms with Crippen LogP contribution >= 0.6 is 23.2 Å². The van der Waals surface area contributed by atoms with Gasteiger partial charge in [-0.3, -0.25) is 4.90 Å². The number of piperazine rings is 1.